The van der Waals surface area contributed by atoms with E-state index >= 15 is 0 Å². The highest BCUT2D eigenvalue weighted by atomic mass is 16.2. The van der Waals surface area contributed by atoms with Crippen LogP contribution in [-0.2, 0) is 10.3 Å². The van der Waals surface area contributed by atoms with E-state index in [1.807, 2.05) is 4.90 Å². The van der Waals surface area contributed by atoms with Crippen LogP contribution >= 0.6 is 0 Å². The molecule has 3 rings (SSSR count). The number of imide groups is 1. The van der Waals surface area contributed by atoms with Gasteiger partial charge in [-0.15, -0.1) is 0 Å². The van der Waals surface area contributed by atoms with Gasteiger partial charge in [0.25, 0.3) is 11.8 Å². The second kappa shape index (κ2) is 6.48. The Kier molecular flexibility index (Phi) is 4.51. The Morgan fingerprint density at radius 3 is 2.56 bits per heavy atom. The Morgan fingerprint density at radius 2 is 2.00 bits per heavy atom. The number of amides is 4. The van der Waals surface area contributed by atoms with Crippen LogP contribution in [0, 0.1) is 5.92 Å². The third-order valence-corrected chi connectivity index (χ3v) is 5.37. The maximum absolute atomic E-state index is 12.9. The van der Waals surface area contributed by atoms with Crippen LogP contribution in [0.1, 0.15) is 42.6 Å². The van der Waals surface area contributed by atoms with Gasteiger partial charge in [-0.3, -0.25) is 14.9 Å². The zero-order valence-corrected chi connectivity index (χ0v) is 14.5. The van der Waals surface area contributed by atoms with Gasteiger partial charge in [0.2, 0.25) is 0 Å². The molecule has 134 valence electrons. The van der Waals surface area contributed by atoms with Crippen molar-refractivity contribution in [3.63, 3.8) is 0 Å². The first-order valence-corrected chi connectivity index (χ1v) is 8.62. The van der Waals surface area contributed by atoms with E-state index in [1.54, 1.807) is 31.2 Å². The van der Waals surface area contributed by atoms with Gasteiger partial charge in [-0.25, -0.2) is 4.79 Å². The number of urea groups is 1. The normalized spacial score (nSPS) is 29.3. The minimum absolute atomic E-state index is 0.0430. The molecule has 0 unspecified atom stereocenters. The molecule has 2 aliphatic heterocycles. The van der Waals surface area contributed by atoms with E-state index in [1.165, 1.54) is 0 Å². The van der Waals surface area contributed by atoms with E-state index in [0.29, 0.717) is 30.1 Å². The van der Waals surface area contributed by atoms with Crippen molar-refractivity contribution in [1.82, 2.24) is 15.5 Å². The second-order valence-corrected chi connectivity index (χ2v) is 7.03. The van der Waals surface area contributed by atoms with Crippen molar-refractivity contribution < 1.29 is 14.4 Å². The lowest BCUT2D eigenvalue weighted by Gasteiger charge is -2.39. The third kappa shape index (κ3) is 3.00. The van der Waals surface area contributed by atoms with Gasteiger partial charge in [0.1, 0.15) is 5.54 Å². The molecule has 0 bridgehead atoms. The van der Waals surface area contributed by atoms with Crippen molar-refractivity contribution in [1.29, 1.82) is 0 Å². The van der Waals surface area contributed by atoms with Gasteiger partial charge >= 0.3 is 6.03 Å². The quantitative estimate of drug-likeness (QED) is 0.710. The molecule has 0 spiro atoms. The standard InChI is InChI=1S/C18H24N4O3/c1-11-4-3-9-22(14(11)10-19)15(23)12-5-7-13(8-6-12)18(2)16(24)20-17(25)21-18/h5-8,11,14H,3-4,9-10,19H2,1-2H3,(H2,20,21,24,25)/t11-,14-,18-/m1/s1. The minimum atomic E-state index is -1.11. The summed E-state index contributed by atoms with van der Waals surface area (Å²) in [7, 11) is 0. The van der Waals surface area contributed by atoms with E-state index < -0.39 is 17.5 Å². The van der Waals surface area contributed by atoms with Crippen molar-refractivity contribution in [3.8, 4) is 0 Å². The molecular weight excluding hydrogens is 320 g/mol. The highest BCUT2D eigenvalue weighted by Gasteiger charge is 2.43. The summed E-state index contributed by atoms with van der Waals surface area (Å²) in [5.41, 5.74) is 5.95. The van der Waals surface area contributed by atoms with Crippen LogP contribution in [0.5, 0.6) is 0 Å². The number of piperidine rings is 1. The molecule has 3 atom stereocenters. The molecule has 4 amide bonds. The Balaban J connectivity index is 1.81. The lowest BCUT2D eigenvalue weighted by Crippen LogP contribution is -2.51. The van der Waals surface area contributed by atoms with Gasteiger partial charge in [-0.2, -0.15) is 0 Å². The van der Waals surface area contributed by atoms with Crippen LogP contribution in [-0.4, -0.2) is 41.9 Å². The average molecular weight is 344 g/mol. The first kappa shape index (κ1) is 17.4. The number of hydrogen-bond donors (Lipinski definition) is 3. The number of nitrogens with two attached hydrogens (primary N) is 1. The van der Waals surface area contributed by atoms with Crippen LogP contribution in [0.25, 0.3) is 0 Å². The summed E-state index contributed by atoms with van der Waals surface area (Å²) in [6, 6.07) is 6.37. The highest BCUT2D eigenvalue weighted by Crippen LogP contribution is 2.27. The smallest absolute Gasteiger partial charge is 0.322 e. The SMILES string of the molecule is C[C@@H]1CCCN(C(=O)c2ccc([C@@]3(C)NC(=O)NC3=O)cc2)[C@@H]1CN. The van der Waals surface area contributed by atoms with Crippen LogP contribution in [0.3, 0.4) is 0 Å². The molecule has 25 heavy (non-hydrogen) atoms. The van der Waals surface area contributed by atoms with Crippen molar-refractivity contribution in [3.05, 3.63) is 35.4 Å². The monoisotopic (exact) mass is 344 g/mol. The molecule has 0 aromatic heterocycles. The molecule has 0 radical (unpaired) electrons. The predicted octanol–water partition coefficient (Wildman–Crippen LogP) is 0.941. The fraction of sp³-hybridized carbons (Fsp3) is 0.500. The van der Waals surface area contributed by atoms with Gasteiger partial charge in [0.15, 0.2) is 0 Å². The Labute approximate surface area is 146 Å². The average Bonchev–Trinajstić information content (AvgIpc) is 2.87. The van der Waals surface area contributed by atoms with Crippen molar-refractivity contribution in [2.45, 2.75) is 38.3 Å². The summed E-state index contributed by atoms with van der Waals surface area (Å²) in [5.74, 6) is -0.0541. The largest absolute Gasteiger partial charge is 0.334 e. The van der Waals surface area contributed by atoms with Gasteiger partial charge in [0.05, 0.1) is 0 Å². The molecule has 7 heteroatoms. The van der Waals surface area contributed by atoms with Gasteiger partial charge in [-0.1, -0.05) is 19.1 Å². The van der Waals surface area contributed by atoms with E-state index in [0.717, 1.165) is 12.8 Å². The summed E-state index contributed by atoms with van der Waals surface area (Å²) < 4.78 is 0. The summed E-state index contributed by atoms with van der Waals surface area (Å²) in [6.07, 6.45) is 2.06. The Hall–Kier alpha value is -2.41. The zero-order valence-electron chi connectivity index (χ0n) is 14.5. The molecule has 2 aliphatic rings. The maximum atomic E-state index is 12.9. The number of carbonyl (C=O) groups is 3. The number of hydrogen-bond acceptors (Lipinski definition) is 4. The number of likely N-dealkylation sites (tertiary alicyclic amines) is 1. The molecule has 1 aromatic carbocycles. The molecule has 0 aliphatic carbocycles. The number of nitrogens with zero attached hydrogens (tertiary/aromatic N) is 1. The fourth-order valence-corrected chi connectivity index (χ4v) is 3.72. The maximum Gasteiger partial charge on any atom is 0.322 e. The highest BCUT2D eigenvalue weighted by molar-refractivity contribution is 6.07. The third-order valence-electron chi connectivity index (χ3n) is 5.37. The number of rotatable bonds is 3. The van der Waals surface area contributed by atoms with E-state index in [9.17, 15) is 14.4 Å². The lowest BCUT2D eigenvalue weighted by atomic mass is 9.89. The number of benzene rings is 1. The minimum Gasteiger partial charge on any atom is -0.334 e. The first-order chi connectivity index (χ1) is 11.9. The molecule has 2 fully saturated rings. The van der Waals surface area contributed by atoms with Gasteiger partial charge in [0, 0.05) is 24.7 Å². The second-order valence-electron chi connectivity index (χ2n) is 7.03. The van der Waals surface area contributed by atoms with E-state index in [-0.39, 0.29) is 11.9 Å². The van der Waals surface area contributed by atoms with Crippen LogP contribution in [0.15, 0.2) is 24.3 Å². The van der Waals surface area contributed by atoms with Crippen LogP contribution in [0.4, 0.5) is 4.79 Å². The van der Waals surface area contributed by atoms with Crippen molar-refractivity contribution in [2.75, 3.05) is 13.1 Å². The summed E-state index contributed by atoms with van der Waals surface area (Å²) in [6.45, 7) is 4.93. The lowest BCUT2D eigenvalue weighted by molar-refractivity contribution is -0.123. The summed E-state index contributed by atoms with van der Waals surface area (Å²) in [4.78, 5) is 38.1. The number of nitrogens with one attached hydrogen (secondary N) is 2. The Bertz CT molecular complexity index is 703. The molecule has 2 heterocycles. The van der Waals surface area contributed by atoms with E-state index in [2.05, 4.69) is 17.6 Å². The molecule has 2 saturated heterocycles. The summed E-state index contributed by atoms with van der Waals surface area (Å²) >= 11 is 0. The predicted molar refractivity (Wildman–Crippen MR) is 92.7 cm³/mol. The summed E-state index contributed by atoms with van der Waals surface area (Å²) in [5, 5.41) is 4.85. The molecule has 7 nitrogen and oxygen atoms in total. The molecule has 1 aromatic rings. The van der Waals surface area contributed by atoms with Crippen LogP contribution in [0.2, 0.25) is 0 Å². The van der Waals surface area contributed by atoms with Crippen LogP contribution < -0.4 is 16.4 Å². The van der Waals surface area contributed by atoms with Crippen molar-refractivity contribution >= 4 is 17.8 Å². The fourth-order valence-electron chi connectivity index (χ4n) is 3.72. The molecule has 4 N–H and O–H groups in total. The van der Waals surface area contributed by atoms with Gasteiger partial charge in [-0.05, 0) is 43.4 Å². The van der Waals surface area contributed by atoms with Crippen molar-refractivity contribution in [2.24, 2.45) is 11.7 Å². The molecular formula is C18H24N4O3. The zero-order chi connectivity index (χ0) is 18.2. The van der Waals surface area contributed by atoms with Gasteiger partial charge < -0.3 is 16.0 Å². The Morgan fingerprint density at radius 1 is 1.32 bits per heavy atom. The topological polar surface area (TPSA) is 105 Å². The first-order valence-electron chi connectivity index (χ1n) is 8.62. The molecule has 0 saturated carbocycles. The van der Waals surface area contributed by atoms with E-state index in [4.69, 9.17) is 5.73 Å². The number of carbonyl (C=O) groups excluding carboxylic acids is 3.